The van der Waals surface area contributed by atoms with Gasteiger partial charge in [-0.1, -0.05) is 0 Å². The van der Waals surface area contributed by atoms with Crippen LogP contribution in [0.2, 0.25) is 0 Å². The van der Waals surface area contributed by atoms with Gasteiger partial charge in [-0.3, -0.25) is 4.79 Å². The van der Waals surface area contributed by atoms with Crippen molar-refractivity contribution in [3.63, 3.8) is 0 Å². The average Bonchev–Trinajstić information content (AvgIpc) is 2.36. The van der Waals surface area contributed by atoms with Gasteiger partial charge in [0.1, 0.15) is 5.60 Å². The maximum absolute atomic E-state index is 12.0. The van der Waals surface area contributed by atoms with Crippen LogP contribution >= 0.6 is 0 Å². The Balaban J connectivity index is 2.40. The molecular formula is C16H30N2O5. The second-order valence-corrected chi connectivity index (χ2v) is 7.17. The molecule has 0 unspecified atom stereocenters. The van der Waals surface area contributed by atoms with Crippen LogP contribution in [0.3, 0.4) is 0 Å². The number of carboxylic acid groups (broad SMARTS) is 1. The quantitative estimate of drug-likeness (QED) is 0.627. The predicted octanol–water partition coefficient (Wildman–Crippen LogP) is 1.86. The van der Waals surface area contributed by atoms with E-state index in [2.05, 4.69) is 5.32 Å². The van der Waals surface area contributed by atoms with Crippen LogP contribution in [0.4, 0.5) is 4.79 Å². The molecule has 23 heavy (non-hydrogen) atoms. The Morgan fingerprint density at radius 3 is 2.39 bits per heavy atom. The number of carboxylic acids is 1. The van der Waals surface area contributed by atoms with Gasteiger partial charge < -0.3 is 24.8 Å². The van der Waals surface area contributed by atoms with Gasteiger partial charge in [0.05, 0.1) is 12.0 Å². The minimum Gasteiger partial charge on any atom is -0.481 e. The molecule has 0 bridgehead atoms. The highest BCUT2D eigenvalue weighted by Crippen LogP contribution is 2.27. The van der Waals surface area contributed by atoms with Crippen molar-refractivity contribution in [1.82, 2.24) is 10.2 Å². The molecule has 1 rings (SSSR count). The van der Waals surface area contributed by atoms with Gasteiger partial charge in [-0.05, 0) is 46.6 Å². The zero-order valence-electron chi connectivity index (χ0n) is 14.7. The molecule has 1 amide bonds. The van der Waals surface area contributed by atoms with E-state index >= 15 is 0 Å². The second kappa shape index (κ2) is 8.49. The summed E-state index contributed by atoms with van der Waals surface area (Å²) in [5.41, 5.74) is -1.08. The number of carbonyl (C=O) groups excluding carboxylic acids is 1. The summed E-state index contributed by atoms with van der Waals surface area (Å²) in [7, 11) is 1.68. The SMILES string of the molecule is COCCCCCNC1(CC(=O)O)CN(C(=O)OC(C)(C)C)C1. The van der Waals surface area contributed by atoms with Crippen LogP contribution in [0.25, 0.3) is 0 Å². The number of nitrogens with zero attached hydrogens (tertiary/aromatic N) is 1. The van der Waals surface area contributed by atoms with E-state index in [1.54, 1.807) is 12.0 Å². The normalized spacial score (nSPS) is 16.8. The molecule has 0 aromatic heterocycles. The molecule has 0 atom stereocenters. The number of methoxy groups -OCH3 is 1. The zero-order chi connectivity index (χ0) is 17.5. The molecule has 0 saturated carbocycles. The van der Waals surface area contributed by atoms with E-state index in [1.807, 2.05) is 20.8 Å². The third kappa shape index (κ3) is 7.18. The van der Waals surface area contributed by atoms with Gasteiger partial charge in [0.25, 0.3) is 0 Å². The first-order chi connectivity index (χ1) is 10.7. The molecule has 0 spiro atoms. The number of hydrogen-bond donors (Lipinski definition) is 2. The van der Waals surface area contributed by atoms with Crippen LogP contribution in [-0.4, -0.2) is 66.6 Å². The number of aliphatic carboxylic acids is 1. The van der Waals surface area contributed by atoms with E-state index in [9.17, 15) is 9.59 Å². The number of carbonyl (C=O) groups is 2. The minimum absolute atomic E-state index is 0.00433. The fourth-order valence-corrected chi connectivity index (χ4v) is 2.62. The van der Waals surface area contributed by atoms with Crippen LogP contribution in [0.5, 0.6) is 0 Å². The summed E-state index contributed by atoms with van der Waals surface area (Å²) in [6, 6.07) is 0. The molecule has 1 fully saturated rings. The average molecular weight is 330 g/mol. The first-order valence-corrected chi connectivity index (χ1v) is 8.11. The van der Waals surface area contributed by atoms with Crippen molar-refractivity contribution in [2.75, 3.05) is 33.4 Å². The third-order valence-corrected chi connectivity index (χ3v) is 3.65. The number of unbranched alkanes of at least 4 members (excludes halogenated alkanes) is 2. The van der Waals surface area contributed by atoms with Gasteiger partial charge in [-0.25, -0.2) is 4.79 Å². The van der Waals surface area contributed by atoms with Gasteiger partial charge in [-0.15, -0.1) is 0 Å². The number of rotatable bonds is 9. The standard InChI is InChI=1S/C16H30N2O5/c1-15(2,3)23-14(21)18-11-16(12-18,10-13(19)20)17-8-6-5-7-9-22-4/h17H,5-12H2,1-4H3,(H,19,20). The Morgan fingerprint density at radius 2 is 1.87 bits per heavy atom. The molecule has 0 radical (unpaired) electrons. The highest BCUT2D eigenvalue weighted by molar-refractivity contribution is 5.73. The molecule has 1 aliphatic rings. The minimum atomic E-state index is -0.860. The van der Waals surface area contributed by atoms with Crippen molar-refractivity contribution in [2.24, 2.45) is 0 Å². The van der Waals surface area contributed by atoms with E-state index in [0.717, 1.165) is 32.4 Å². The summed E-state index contributed by atoms with van der Waals surface area (Å²) in [4.78, 5) is 24.6. The molecule has 1 aliphatic heterocycles. The Morgan fingerprint density at radius 1 is 1.22 bits per heavy atom. The van der Waals surface area contributed by atoms with Crippen LogP contribution in [0.15, 0.2) is 0 Å². The first kappa shape index (κ1) is 19.7. The molecular weight excluding hydrogens is 300 g/mol. The van der Waals surface area contributed by atoms with Crippen LogP contribution < -0.4 is 5.32 Å². The van der Waals surface area contributed by atoms with Crippen molar-refractivity contribution in [2.45, 2.75) is 57.6 Å². The van der Waals surface area contributed by atoms with Crippen LogP contribution in [0.1, 0.15) is 46.5 Å². The van der Waals surface area contributed by atoms with Crippen molar-refractivity contribution in [3.8, 4) is 0 Å². The number of ether oxygens (including phenoxy) is 2. The fraction of sp³-hybridized carbons (Fsp3) is 0.875. The molecule has 0 aromatic rings. The Kier molecular flexibility index (Phi) is 7.28. The van der Waals surface area contributed by atoms with Gasteiger partial charge in [0.2, 0.25) is 0 Å². The van der Waals surface area contributed by atoms with Crippen LogP contribution in [0, 0.1) is 0 Å². The molecule has 2 N–H and O–H groups in total. The van der Waals surface area contributed by atoms with Crippen LogP contribution in [-0.2, 0) is 14.3 Å². The lowest BCUT2D eigenvalue weighted by Gasteiger charge is -2.49. The first-order valence-electron chi connectivity index (χ1n) is 8.11. The summed E-state index contributed by atoms with van der Waals surface area (Å²) >= 11 is 0. The third-order valence-electron chi connectivity index (χ3n) is 3.65. The lowest BCUT2D eigenvalue weighted by molar-refractivity contribution is -0.141. The summed E-state index contributed by atoms with van der Waals surface area (Å²) in [6.07, 6.45) is 2.59. The van der Waals surface area contributed by atoms with E-state index in [1.165, 1.54) is 0 Å². The Bertz CT molecular complexity index is 400. The molecule has 1 saturated heterocycles. The van der Waals surface area contributed by atoms with Crippen molar-refractivity contribution < 1.29 is 24.2 Å². The number of amides is 1. The number of hydrogen-bond acceptors (Lipinski definition) is 5. The largest absolute Gasteiger partial charge is 0.481 e. The summed E-state index contributed by atoms with van der Waals surface area (Å²) in [6.45, 7) is 7.65. The summed E-state index contributed by atoms with van der Waals surface area (Å²) < 4.78 is 10.3. The molecule has 134 valence electrons. The Hall–Kier alpha value is -1.34. The number of likely N-dealkylation sites (tertiary alicyclic amines) is 1. The van der Waals surface area contributed by atoms with E-state index < -0.39 is 17.1 Å². The lowest BCUT2D eigenvalue weighted by atomic mass is 9.86. The van der Waals surface area contributed by atoms with Crippen molar-refractivity contribution in [1.29, 1.82) is 0 Å². The lowest BCUT2D eigenvalue weighted by Crippen LogP contribution is -2.71. The van der Waals surface area contributed by atoms with Crippen molar-refractivity contribution in [3.05, 3.63) is 0 Å². The molecule has 0 aliphatic carbocycles. The maximum Gasteiger partial charge on any atom is 0.410 e. The molecule has 7 nitrogen and oxygen atoms in total. The van der Waals surface area contributed by atoms with Crippen molar-refractivity contribution >= 4 is 12.1 Å². The van der Waals surface area contributed by atoms with Gasteiger partial charge in [0, 0.05) is 26.8 Å². The van der Waals surface area contributed by atoms with Gasteiger partial charge >= 0.3 is 12.1 Å². The molecule has 0 aromatic carbocycles. The second-order valence-electron chi connectivity index (χ2n) is 7.17. The molecule has 7 heteroatoms. The van der Waals surface area contributed by atoms with Gasteiger partial charge in [-0.2, -0.15) is 0 Å². The van der Waals surface area contributed by atoms with E-state index in [-0.39, 0.29) is 12.5 Å². The monoisotopic (exact) mass is 330 g/mol. The predicted molar refractivity (Wildman–Crippen MR) is 86.5 cm³/mol. The van der Waals surface area contributed by atoms with Gasteiger partial charge in [0.15, 0.2) is 0 Å². The molecule has 1 heterocycles. The summed E-state index contributed by atoms with van der Waals surface area (Å²) in [5.74, 6) is -0.860. The topological polar surface area (TPSA) is 88.1 Å². The highest BCUT2D eigenvalue weighted by Gasteiger charge is 2.47. The van der Waals surface area contributed by atoms with E-state index in [4.69, 9.17) is 14.6 Å². The maximum atomic E-state index is 12.0. The van der Waals surface area contributed by atoms with E-state index in [0.29, 0.717) is 13.1 Å². The highest BCUT2D eigenvalue weighted by atomic mass is 16.6. The smallest absolute Gasteiger partial charge is 0.410 e. The Labute approximate surface area is 138 Å². The fourth-order valence-electron chi connectivity index (χ4n) is 2.62. The zero-order valence-corrected chi connectivity index (χ0v) is 14.7. The number of nitrogens with one attached hydrogen (secondary N) is 1. The summed E-state index contributed by atoms with van der Waals surface area (Å²) in [5, 5.41) is 12.4.